The summed E-state index contributed by atoms with van der Waals surface area (Å²) in [7, 11) is 1.66. The maximum Gasteiger partial charge on any atom is 0.335 e. The number of pyridine rings is 1. The molecule has 0 aliphatic carbocycles. The Morgan fingerprint density at radius 1 is 1.09 bits per heavy atom. The molecule has 0 unspecified atom stereocenters. The van der Waals surface area contributed by atoms with E-state index in [1.54, 1.807) is 7.11 Å². The summed E-state index contributed by atoms with van der Waals surface area (Å²) in [5, 5.41) is 7.34. The predicted octanol–water partition coefficient (Wildman–Crippen LogP) is 4.06. The van der Waals surface area contributed by atoms with Gasteiger partial charge >= 0.3 is 6.03 Å². The monoisotopic (exact) mass is 480 g/mol. The normalized spacial score (nSPS) is 14.6. The average molecular weight is 481 g/mol. The lowest BCUT2D eigenvalue weighted by molar-refractivity contribution is 0.102. The molecule has 0 atom stereocenters. The Morgan fingerprint density at radius 3 is 2.62 bits per heavy atom. The van der Waals surface area contributed by atoms with E-state index in [2.05, 4.69) is 56.8 Å². The lowest BCUT2D eigenvalue weighted by Crippen LogP contribution is -2.54. The summed E-state index contributed by atoms with van der Waals surface area (Å²) in [4.78, 5) is 23.7. The van der Waals surface area contributed by atoms with Crippen LogP contribution in [0.5, 0.6) is 5.75 Å². The van der Waals surface area contributed by atoms with Crippen LogP contribution in [0.25, 0.3) is 11.3 Å². The molecule has 1 aliphatic heterocycles. The minimum absolute atomic E-state index is 0.266. The van der Waals surface area contributed by atoms with Crippen LogP contribution < -0.4 is 15.5 Å². The summed E-state index contributed by atoms with van der Waals surface area (Å²) in [6.45, 7) is 6.58. The fourth-order valence-corrected chi connectivity index (χ4v) is 4.75. The van der Waals surface area contributed by atoms with E-state index in [9.17, 15) is 4.79 Å². The number of nitrogens with zero attached hydrogens (tertiary/aromatic N) is 4. The van der Waals surface area contributed by atoms with Gasteiger partial charge in [0.2, 0.25) is 0 Å². The van der Waals surface area contributed by atoms with E-state index in [1.807, 2.05) is 28.8 Å². The molecule has 3 heterocycles. The molecule has 180 valence electrons. The van der Waals surface area contributed by atoms with E-state index in [4.69, 9.17) is 4.74 Å². The number of ether oxygens (including phenoxy) is 1. The van der Waals surface area contributed by atoms with Gasteiger partial charge in [-0.25, -0.2) is 14.8 Å². The van der Waals surface area contributed by atoms with Crippen LogP contribution in [0.1, 0.15) is 24.5 Å². The highest BCUT2D eigenvalue weighted by Gasteiger charge is 2.19. The number of urea groups is 1. The van der Waals surface area contributed by atoms with Crippen molar-refractivity contribution in [3.05, 3.63) is 59.2 Å². The summed E-state index contributed by atoms with van der Waals surface area (Å²) in [5.41, 5.74) is 7.25. The number of thiazole rings is 1. The van der Waals surface area contributed by atoms with Crippen LogP contribution in [0.3, 0.4) is 0 Å². The molecule has 2 aromatic heterocycles. The molecule has 8 nitrogen and oxygen atoms in total. The van der Waals surface area contributed by atoms with Crippen LogP contribution in [0, 0.1) is 0 Å². The van der Waals surface area contributed by atoms with Gasteiger partial charge in [0.1, 0.15) is 5.75 Å². The highest BCUT2D eigenvalue weighted by molar-refractivity contribution is 7.14. The molecule has 2 N–H and O–H groups in total. The largest absolute Gasteiger partial charge is 0.496 e. The van der Waals surface area contributed by atoms with E-state index >= 15 is 0 Å². The molecule has 3 aromatic rings. The Bertz CT molecular complexity index is 1070. The predicted molar refractivity (Wildman–Crippen MR) is 136 cm³/mol. The van der Waals surface area contributed by atoms with Gasteiger partial charge in [-0.05, 0) is 48.2 Å². The third-order valence-corrected chi connectivity index (χ3v) is 6.66. The number of hydrazine groups is 1. The first-order valence-electron chi connectivity index (χ1n) is 11.7. The molecule has 1 aliphatic rings. The number of amides is 2. The zero-order chi connectivity index (χ0) is 23.8. The van der Waals surface area contributed by atoms with Crippen molar-refractivity contribution in [2.45, 2.75) is 26.2 Å². The first-order chi connectivity index (χ1) is 16.6. The van der Waals surface area contributed by atoms with Gasteiger partial charge in [0.15, 0.2) is 5.13 Å². The van der Waals surface area contributed by atoms with E-state index in [0.29, 0.717) is 5.13 Å². The van der Waals surface area contributed by atoms with Crippen LogP contribution in [0.4, 0.5) is 9.93 Å². The maximum atomic E-state index is 12.5. The Morgan fingerprint density at radius 2 is 1.88 bits per heavy atom. The summed E-state index contributed by atoms with van der Waals surface area (Å²) in [5.74, 6) is 0.781. The highest BCUT2D eigenvalue weighted by atomic mass is 32.1. The molecule has 0 radical (unpaired) electrons. The Labute approximate surface area is 204 Å². The van der Waals surface area contributed by atoms with Crippen molar-refractivity contribution < 1.29 is 9.53 Å². The summed E-state index contributed by atoms with van der Waals surface area (Å²) < 4.78 is 5.53. The number of anilines is 1. The Hall–Kier alpha value is -3.01. The molecule has 0 saturated carbocycles. The fraction of sp³-hybridized carbons (Fsp3) is 0.400. The number of carbonyl (C=O) groups is 1. The number of rotatable bonds is 9. The van der Waals surface area contributed by atoms with Crippen LogP contribution >= 0.6 is 11.3 Å². The standard InChI is InChI=1S/C25H32N6O2S/c1-3-4-20-5-6-23(33-2)21(17-20)22-18-34-25(27-22)28-24(32)29-31-15-13-30(14-16-31)12-9-19-7-10-26-11-8-19/h5-8,10-11,17-18H,3-4,9,12-16H2,1-2H3,(H2,27,28,29,32). The zero-order valence-electron chi connectivity index (χ0n) is 19.8. The fourth-order valence-electron chi connectivity index (χ4n) is 4.04. The second-order valence-corrected chi connectivity index (χ2v) is 9.18. The Balaban J connectivity index is 1.26. The van der Waals surface area contributed by atoms with Crippen molar-refractivity contribution >= 4 is 22.5 Å². The third-order valence-electron chi connectivity index (χ3n) is 5.90. The van der Waals surface area contributed by atoms with Gasteiger partial charge in [0, 0.05) is 56.1 Å². The minimum Gasteiger partial charge on any atom is -0.496 e. The number of piperazine rings is 1. The van der Waals surface area contributed by atoms with Crippen molar-refractivity contribution in [3.8, 4) is 17.0 Å². The molecule has 1 aromatic carbocycles. The molecule has 1 fully saturated rings. The SMILES string of the molecule is CCCc1ccc(OC)c(-c2csc(NC(=O)NN3CCN(CCc4ccncc4)CC3)n2)c1. The second kappa shape index (κ2) is 11.9. The third kappa shape index (κ3) is 6.53. The first-order valence-corrected chi connectivity index (χ1v) is 12.6. The van der Waals surface area contributed by atoms with Crippen LogP contribution in [0.2, 0.25) is 0 Å². The lowest BCUT2D eigenvalue weighted by atomic mass is 10.0. The molecule has 0 spiro atoms. The van der Waals surface area contributed by atoms with Crippen molar-refractivity contribution in [3.63, 3.8) is 0 Å². The van der Waals surface area contributed by atoms with Gasteiger partial charge in [-0.3, -0.25) is 15.7 Å². The van der Waals surface area contributed by atoms with Gasteiger partial charge in [-0.15, -0.1) is 11.3 Å². The number of carbonyl (C=O) groups excluding carboxylic acids is 1. The van der Waals surface area contributed by atoms with Gasteiger partial charge < -0.3 is 9.64 Å². The summed E-state index contributed by atoms with van der Waals surface area (Å²) in [6, 6.07) is 10.0. The van der Waals surface area contributed by atoms with Crippen molar-refractivity contribution in [1.82, 2.24) is 25.3 Å². The van der Waals surface area contributed by atoms with Gasteiger partial charge in [-0.2, -0.15) is 0 Å². The number of aryl methyl sites for hydroxylation is 1. The molecule has 9 heteroatoms. The van der Waals surface area contributed by atoms with E-state index in [1.165, 1.54) is 22.5 Å². The smallest absolute Gasteiger partial charge is 0.335 e. The van der Waals surface area contributed by atoms with Crippen LogP contribution in [0.15, 0.2) is 48.1 Å². The number of aromatic nitrogens is 2. The van der Waals surface area contributed by atoms with Crippen molar-refractivity contribution in [1.29, 1.82) is 0 Å². The van der Waals surface area contributed by atoms with Gasteiger partial charge in [0.05, 0.1) is 12.8 Å². The van der Waals surface area contributed by atoms with E-state index in [-0.39, 0.29) is 6.03 Å². The molecular weight excluding hydrogens is 448 g/mol. The van der Waals surface area contributed by atoms with E-state index < -0.39 is 0 Å². The zero-order valence-corrected chi connectivity index (χ0v) is 20.6. The quantitative estimate of drug-likeness (QED) is 0.481. The van der Waals surface area contributed by atoms with Crippen LogP contribution in [-0.4, -0.2) is 65.7 Å². The second-order valence-electron chi connectivity index (χ2n) is 8.32. The van der Waals surface area contributed by atoms with E-state index in [0.717, 1.165) is 69.0 Å². The number of nitrogens with one attached hydrogen (secondary N) is 2. The lowest BCUT2D eigenvalue weighted by Gasteiger charge is -2.34. The first kappa shape index (κ1) is 24.1. The number of hydrogen-bond donors (Lipinski definition) is 2. The minimum atomic E-state index is -0.266. The van der Waals surface area contributed by atoms with Crippen molar-refractivity contribution in [2.75, 3.05) is 45.2 Å². The number of hydrogen-bond acceptors (Lipinski definition) is 7. The number of methoxy groups -OCH3 is 1. The molecule has 1 saturated heterocycles. The van der Waals surface area contributed by atoms with Gasteiger partial charge in [0.25, 0.3) is 0 Å². The summed E-state index contributed by atoms with van der Waals surface area (Å²) >= 11 is 1.41. The van der Waals surface area contributed by atoms with Gasteiger partial charge in [-0.1, -0.05) is 19.4 Å². The molecule has 4 rings (SSSR count). The molecule has 2 amide bonds. The van der Waals surface area contributed by atoms with Crippen LogP contribution in [-0.2, 0) is 12.8 Å². The highest BCUT2D eigenvalue weighted by Crippen LogP contribution is 2.33. The Kier molecular flexibility index (Phi) is 8.46. The molecule has 0 bridgehead atoms. The van der Waals surface area contributed by atoms with Crippen molar-refractivity contribution in [2.24, 2.45) is 0 Å². The molecular formula is C25H32N6O2S. The average Bonchev–Trinajstić information content (AvgIpc) is 3.32. The molecule has 34 heavy (non-hydrogen) atoms. The topological polar surface area (TPSA) is 82.6 Å². The summed E-state index contributed by atoms with van der Waals surface area (Å²) in [6.07, 6.45) is 6.76. The maximum absolute atomic E-state index is 12.5. The number of benzene rings is 1.